The molecule has 1 unspecified atom stereocenters. The number of rotatable bonds is 8. The van der Waals surface area contributed by atoms with Gasteiger partial charge in [-0.3, -0.25) is 4.98 Å². The molecular weight excluding hydrogens is 242 g/mol. The van der Waals surface area contributed by atoms with Crippen LogP contribution < -0.4 is 10.2 Å². The summed E-state index contributed by atoms with van der Waals surface area (Å²) in [6, 6.07) is 4.69. The Balaban J connectivity index is 2.66. The van der Waals surface area contributed by atoms with Crippen LogP contribution in [-0.2, 0) is 0 Å². The molecule has 0 radical (unpaired) electrons. The Hall–Kier alpha value is -0.740. The quantitative estimate of drug-likeness (QED) is 0.784. The molecule has 1 rings (SSSR count). The van der Waals surface area contributed by atoms with Crippen LogP contribution in [0.15, 0.2) is 18.3 Å². The van der Waals surface area contributed by atoms with Crippen molar-refractivity contribution in [2.45, 2.75) is 26.3 Å². The second kappa shape index (κ2) is 8.38. The lowest BCUT2D eigenvalue weighted by molar-refractivity contribution is 0.525. The summed E-state index contributed by atoms with van der Waals surface area (Å²) >= 11 is 1.87. The minimum absolute atomic E-state index is 0.376. The van der Waals surface area contributed by atoms with Gasteiger partial charge in [-0.25, -0.2) is 0 Å². The van der Waals surface area contributed by atoms with Gasteiger partial charge in [0.2, 0.25) is 0 Å². The van der Waals surface area contributed by atoms with Crippen molar-refractivity contribution in [3.8, 4) is 0 Å². The molecule has 1 N–H and O–H groups in total. The normalized spacial score (nSPS) is 12.4. The molecule has 1 heterocycles. The largest absolute Gasteiger partial charge is 0.373 e. The topological polar surface area (TPSA) is 28.2 Å². The predicted octanol–water partition coefficient (Wildman–Crippen LogP) is 2.94. The van der Waals surface area contributed by atoms with Crippen molar-refractivity contribution in [2.75, 3.05) is 37.0 Å². The molecule has 0 saturated heterocycles. The third kappa shape index (κ3) is 4.50. The lowest BCUT2D eigenvalue weighted by Crippen LogP contribution is -2.22. The van der Waals surface area contributed by atoms with Crippen LogP contribution in [-0.4, -0.2) is 37.1 Å². The number of anilines is 1. The number of nitrogens with one attached hydrogen (secondary N) is 1. The first kappa shape index (κ1) is 15.3. The number of aromatic nitrogens is 1. The van der Waals surface area contributed by atoms with Crippen molar-refractivity contribution in [1.29, 1.82) is 0 Å². The van der Waals surface area contributed by atoms with Crippen LogP contribution in [0.3, 0.4) is 0 Å². The van der Waals surface area contributed by atoms with E-state index in [-0.39, 0.29) is 0 Å². The molecule has 0 saturated carbocycles. The van der Waals surface area contributed by atoms with E-state index in [9.17, 15) is 0 Å². The summed E-state index contributed by atoms with van der Waals surface area (Å²) in [4.78, 5) is 6.84. The van der Waals surface area contributed by atoms with Crippen molar-refractivity contribution in [2.24, 2.45) is 0 Å². The van der Waals surface area contributed by atoms with Gasteiger partial charge in [-0.1, -0.05) is 13.8 Å². The van der Waals surface area contributed by atoms with E-state index < -0.39 is 0 Å². The summed E-state index contributed by atoms with van der Waals surface area (Å²) in [6.45, 7) is 6.36. The molecule has 0 amide bonds. The van der Waals surface area contributed by atoms with E-state index in [4.69, 9.17) is 0 Å². The summed E-state index contributed by atoms with van der Waals surface area (Å²) in [7, 11) is 2.12. The van der Waals surface area contributed by atoms with Crippen LogP contribution in [0, 0.1) is 0 Å². The number of nitrogens with zero attached hydrogens (tertiary/aromatic N) is 2. The summed E-state index contributed by atoms with van der Waals surface area (Å²) in [5.74, 6) is 1.15. The molecule has 0 aliphatic carbocycles. The SMILES string of the molecule is CCNC(CC)c1ccc(N(C)CCSC)cn1. The van der Waals surface area contributed by atoms with Crippen LogP contribution in [0.25, 0.3) is 0 Å². The Morgan fingerprint density at radius 2 is 2.17 bits per heavy atom. The molecule has 18 heavy (non-hydrogen) atoms. The highest BCUT2D eigenvalue weighted by atomic mass is 32.2. The predicted molar refractivity (Wildman–Crippen MR) is 82.6 cm³/mol. The number of thioether (sulfide) groups is 1. The minimum atomic E-state index is 0.376. The van der Waals surface area contributed by atoms with E-state index in [1.807, 2.05) is 18.0 Å². The standard InChI is InChI=1S/C14H25N3S/c1-5-13(15-6-2)14-8-7-12(11-16-14)17(3)9-10-18-4/h7-8,11,13,15H,5-6,9-10H2,1-4H3. The number of hydrogen-bond donors (Lipinski definition) is 1. The second-order valence-corrected chi connectivity index (χ2v) is 5.36. The zero-order chi connectivity index (χ0) is 13.4. The molecule has 1 atom stereocenters. The molecule has 0 aliphatic rings. The van der Waals surface area contributed by atoms with Crippen molar-refractivity contribution in [3.63, 3.8) is 0 Å². The maximum Gasteiger partial charge on any atom is 0.0574 e. The average Bonchev–Trinajstić information content (AvgIpc) is 2.42. The van der Waals surface area contributed by atoms with Gasteiger partial charge in [0.05, 0.1) is 17.6 Å². The lowest BCUT2D eigenvalue weighted by atomic mass is 10.1. The van der Waals surface area contributed by atoms with Gasteiger partial charge in [-0.05, 0) is 31.4 Å². The summed E-state index contributed by atoms with van der Waals surface area (Å²) in [6.07, 6.45) is 5.19. The molecule has 0 aliphatic heterocycles. The molecular formula is C14H25N3S. The summed E-state index contributed by atoms with van der Waals surface area (Å²) in [5.41, 5.74) is 2.33. The van der Waals surface area contributed by atoms with Gasteiger partial charge in [-0.15, -0.1) is 0 Å². The Kier molecular flexibility index (Phi) is 7.13. The third-order valence-corrected chi connectivity index (χ3v) is 3.65. The van der Waals surface area contributed by atoms with Crippen LogP contribution in [0.5, 0.6) is 0 Å². The zero-order valence-corrected chi connectivity index (χ0v) is 12.8. The van der Waals surface area contributed by atoms with E-state index in [2.05, 4.69) is 54.5 Å². The second-order valence-electron chi connectivity index (χ2n) is 4.37. The Morgan fingerprint density at radius 1 is 1.39 bits per heavy atom. The van der Waals surface area contributed by atoms with Gasteiger partial charge < -0.3 is 10.2 Å². The van der Waals surface area contributed by atoms with E-state index in [0.29, 0.717) is 6.04 Å². The van der Waals surface area contributed by atoms with Crippen molar-refractivity contribution in [1.82, 2.24) is 10.3 Å². The molecule has 0 fully saturated rings. The van der Waals surface area contributed by atoms with E-state index in [0.717, 1.165) is 31.0 Å². The van der Waals surface area contributed by atoms with E-state index in [1.165, 1.54) is 5.69 Å². The minimum Gasteiger partial charge on any atom is -0.373 e. The molecule has 102 valence electrons. The molecule has 1 aromatic heterocycles. The van der Waals surface area contributed by atoms with E-state index in [1.54, 1.807) is 0 Å². The average molecular weight is 267 g/mol. The van der Waals surface area contributed by atoms with Crippen LogP contribution >= 0.6 is 11.8 Å². The first-order valence-electron chi connectivity index (χ1n) is 6.62. The highest BCUT2D eigenvalue weighted by Crippen LogP contribution is 2.18. The lowest BCUT2D eigenvalue weighted by Gasteiger charge is -2.20. The number of hydrogen-bond acceptors (Lipinski definition) is 4. The van der Waals surface area contributed by atoms with Gasteiger partial charge in [-0.2, -0.15) is 11.8 Å². The maximum atomic E-state index is 4.59. The molecule has 0 spiro atoms. The van der Waals surface area contributed by atoms with Crippen molar-refractivity contribution < 1.29 is 0 Å². The smallest absolute Gasteiger partial charge is 0.0574 e. The number of pyridine rings is 1. The van der Waals surface area contributed by atoms with Crippen molar-refractivity contribution in [3.05, 3.63) is 24.0 Å². The van der Waals surface area contributed by atoms with E-state index >= 15 is 0 Å². The van der Waals surface area contributed by atoms with Gasteiger partial charge >= 0.3 is 0 Å². The first-order valence-corrected chi connectivity index (χ1v) is 8.01. The van der Waals surface area contributed by atoms with Gasteiger partial charge in [0.25, 0.3) is 0 Å². The summed E-state index contributed by atoms with van der Waals surface area (Å²) in [5, 5.41) is 3.45. The Labute approximate surface area is 115 Å². The summed E-state index contributed by atoms with van der Waals surface area (Å²) < 4.78 is 0. The Bertz CT molecular complexity index is 326. The molecule has 4 heteroatoms. The molecule has 1 aromatic rings. The third-order valence-electron chi connectivity index (χ3n) is 3.06. The van der Waals surface area contributed by atoms with Crippen LogP contribution in [0.2, 0.25) is 0 Å². The first-order chi connectivity index (χ1) is 8.72. The van der Waals surface area contributed by atoms with Crippen LogP contribution in [0.4, 0.5) is 5.69 Å². The maximum absolute atomic E-state index is 4.59. The molecule has 0 aromatic carbocycles. The van der Waals surface area contributed by atoms with Gasteiger partial charge in [0, 0.05) is 25.4 Å². The molecule has 0 bridgehead atoms. The zero-order valence-electron chi connectivity index (χ0n) is 11.9. The Morgan fingerprint density at radius 3 is 2.67 bits per heavy atom. The fourth-order valence-corrected chi connectivity index (χ4v) is 2.35. The molecule has 3 nitrogen and oxygen atoms in total. The van der Waals surface area contributed by atoms with Crippen molar-refractivity contribution >= 4 is 17.4 Å². The van der Waals surface area contributed by atoms with Crippen LogP contribution in [0.1, 0.15) is 32.0 Å². The highest BCUT2D eigenvalue weighted by molar-refractivity contribution is 7.98. The fourth-order valence-electron chi connectivity index (χ4n) is 1.89. The van der Waals surface area contributed by atoms with Gasteiger partial charge in [0.15, 0.2) is 0 Å². The van der Waals surface area contributed by atoms with Gasteiger partial charge in [0.1, 0.15) is 0 Å². The monoisotopic (exact) mass is 267 g/mol. The highest BCUT2D eigenvalue weighted by Gasteiger charge is 2.09. The fraction of sp³-hybridized carbons (Fsp3) is 0.643.